The summed E-state index contributed by atoms with van der Waals surface area (Å²) in [5.41, 5.74) is 2.04. The maximum atomic E-state index is 11.9. The molecule has 5 heteroatoms. The zero-order valence-corrected chi connectivity index (χ0v) is 12.9. The number of amides is 1. The number of piperidine rings is 1. The Morgan fingerprint density at radius 2 is 2.30 bits per heavy atom. The van der Waals surface area contributed by atoms with E-state index in [0.717, 1.165) is 24.4 Å². The number of aromatic nitrogens is 2. The quantitative estimate of drug-likeness (QED) is 0.887. The number of carbonyl (C=O) groups is 1. The molecule has 0 saturated carbocycles. The van der Waals surface area contributed by atoms with Gasteiger partial charge >= 0.3 is 0 Å². The molecule has 1 saturated heterocycles. The zero-order valence-electron chi connectivity index (χ0n) is 12.9. The first kappa shape index (κ1) is 15.0. The highest BCUT2D eigenvalue weighted by Crippen LogP contribution is 2.19. The van der Waals surface area contributed by atoms with Crippen molar-refractivity contribution in [1.29, 1.82) is 0 Å². The van der Waals surface area contributed by atoms with Gasteiger partial charge in [0.05, 0.1) is 17.9 Å². The number of hydrogen-bond donors (Lipinski definition) is 1. The monoisotopic (exact) mass is 278 g/mol. The summed E-state index contributed by atoms with van der Waals surface area (Å²) < 4.78 is 1.83. The van der Waals surface area contributed by atoms with Crippen LogP contribution in [-0.4, -0.2) is 40.7 Å². The molecule has 1 amide bonds. The van der Waals surface area contributed by atoms with Crippen molar-refractivity contribution in [2.45, 2.75) is 39.2 Å². The van der Waals surface area contributed by atoms with Crippen molar-refractivity contribution < 1.29 is 4.79 Å². The minimum absolute atomic E-state index is 0.150. The Hall–Kier alpha value is -1.36. The fourth-order valence-electron chi connectivity index (χ4n) is 2.95. The molecule has 20 heavy (non-hydrogen) atoms. The lowest BCUT2D eigenvalue weighted by molar-refractivity contribution is -0.121. The summed E-state index contributed by atoms with van der Waals surface area (Å²) in [7, 11) is 4.07. The van der Waals surface area contributed by atoms with Gasteiger partial charge in [0.25, 0.3) is 0 Å². The summed E-state index contributed by atoms with van der Waals surface area (Å²) in [5.74, 6) is 0.829. The van der Waals surface area contributed by atoms with Crippen LogP contribution >= 0.6 is 0 Å². The third-order valence-electron chi connectivity index (χ3n) is 4.07. The molecule has 1 N–H and O–H groups in total. The fraction of sp³-hybridized carbons (Fsp3) is 0.733. The number of carbonyl (C=O) groups excluding carboxylic acids is 1. The summed E-state index contributed by atoms with van der Waals surface area (Å²) in [6.07, 6.45) is 4.16. The number of nitrogens with zero attached hydrogens (tertiary/aromatic N) is 3. The normalized spacial score (nSPS) is 20.1. The smallest absolute Gasteiger partial charge is 0.220 e. The van der Waals surface area contributed by atoms with E-state index in [1.54, 1.807) is 0 Å². The van der Waals surface area contributed by atoms with Crippen LogP contribution in [0.4, 0.5) is 0 Å². The third kappa shape index (κ3) is 4.34. The van der Waals surface area contributed by atoms with Crippen LogP contribution in [0.3, 0.4) is 0 Å². The van der Waals surface area contributed by atoms with Gasteiger partial charge in [-0.15, -0.1) is 0 Å². The van der Waals surface area contributed by atoms with Crippen LogP contribution in [0.5, 0.6) is 0 Å². The molecule has 1 fully saturated rings. The van der Waals surface area contributed by atoms with Crippen molar-refractivity contribution in [2.75, 3.05) is 20.1 Å². The van der Waals surface area contributed by atoms with Gasteiger partial charge in [-0.1, -0.05) is 0 Å². The molecule has 1 aromatic heterocycles. The molecule has 2 heterocycles. The lowest BCUT2D eigenvalue weighted by Gasteiger charge is -2.29. The van der Waals surface area contributed by atoms with Gasteiger partial charge in [-0.3, -0.25) is 9.48 Å². The van der Waals surface area contributed by atoms with Crippen LogP contribution in [0.2, 0.25) is 0 Å². The second-order valence-electron chi connectivity index (χ2n) is 5.99. The number of hydrogen-bond acceptors (Lipinski definition) is 3. The third-order valence-corrected chi connectivity index (χ3v) is 4.07. The molecule has 1 aliphatic rings. The van der Waals surface area contributed by atoms with Gasteiger partial charge in [0.1, 0.15) is 0 Å². The minimum Gasteiger partial charge on any atom is -0.350 e. The van der Waals surface area contributed by atoms with Gasteiger partial charge in [0, 0.05) is 20.0 Å². The maximum absolute atomic E-state index is 11.9. The first-order chi connectivity index (χ1) is 9.54. The molecule has 0 radical (unpaired) electrons. The topological polar surface area (TPSA) is 50.2 Å². The highest BCUT2D eigenvalue weighted by Gasteiger charge is 2.18. The second kappa shape index (κ2) is 6.88. The molecule has 1 aliphatic heterocycles. The predicted molar refractivity (Wildman–Crippen MR) is 79.2 cm³/mol. The summed E-state index contributed by atoms with van der Waals surface area (Å²) in [6, 6.07) is 2.01. The standard InChI is InChI=1S/C15H26N4O/c1-12-9-14(19(3)17-12)10-16-15(20)7-6-13-5-4-8-18(2)11-13/h9,13H,4-8,10-11H2,1-3H3,(H,16,20)/t13-/m1/s1. The highest BCUT2D eigenvalue weighted by molar-refractivity contribution is 5.75. The number of nitrogens with one attached hydrogen (secondary N) is 1. The summed E-state index contributed by atoms with van der Waals surface area (Å²) in [4.78, 5) is 14.3. The fourth-order valence-corrected chi connectivity index (χ4v) is 2.95. The van der Waals surface area contributed by atoms with E-state index in [9.17, 15) is 4.79 Å². The van der Waals surface area contributed by atoms with Gasteiger partial charge < -0.3 is 10.2 Å². The zero-order chi connectivity index (χ0) is 14.5. The molecular formula is C15H26N4O. The molecule has 112 valence electrons. The number of rotatable bonds is 5. The minimum atomic E-state index is 0.150. The SMILES string of the molecule is Cc1cc(CNC(=O)CC[C@H]2CCCN(C)C2)n(C)n1. The Morgan fingerprint density at radius 1 is 1.50 bits per heavy atom. The molecule has 0 bridgehead atoms. The van der Waals surface area contributed by atoms with Crippen LogP contribution in [0.15, 0.2) is 6.07 Å². The second-order valence-corrected chi connectivity index (χ2v) is 5.99. The van der Waals surface area contributed by atoms with Gasteiger partial charge in [0.15, 0.2) is 0 Å². The summed E-state index contributed by atoms with van der Waals surface area (Å²) >= 11 is 0. The largest absolute Gasteiger partial charge is 0.350 e. The Morgan fingerprint density at radius 3 is 2.95 bits per heavy atom. The van der Waals surface area contributed by atoms with Gasteiger partial charge in [-0.25, -0.2) is 0 Å². The first-order valence-corrected chi connectivity index (χ1v) is 7.49. The van der Waals surface area contributed by atoms with E-state index >= 15 is 0 Å². The molecule has 1 aromatic rings. The van der Waals surface area contributed by atoms with Crippen molar-refractivity contribution in [1.82, 2.24) is 20.0 Å². The first-order valence-electron chi connectivity index (χ1n) is 7.49. The summed E-state index contributed by atoms with van der Waals surface area (Å²) in [6.45, 7) is 4.86. The Balaban J connectivity index is 1.69. The van der Waals surface area contributed by atoms with Crippen molar-refractivity contribution in [3.8, 4) is 0 Å². The van der Waals surface area contributed by atoms with E-state index in [1.807, 2.05) is 24.7 Å². The molecule has 2 rings (SSSR count). The van der Waals surface area contributed by atoms with Crippen LogP contribution < -0.4 is 5.32 Å². The van der Waals surface area contributed by atoms with E-state index < -0.39 is 0 Å². The van der Waals surface area contributed by atoms with Crippen molar-refractivity contribution >= 4 is 5.91 Å². The van der Waals surface area contributed by atoms with Gasteiger partial charge in [0.2, 0.25) is 5.91 Å². The van der Waals surface area contributed by atoms with Gasteiger partial charge in [-0.2, -0.15) is 5.10 Å². The van der Waals surface area contributed by atoms with E-state index in [1.165, 1.54) is 19.4 Å². The van der Waals surface area contributed by atoms with E-state index in [4.69, 9.17) is 0 Å². The van der Waals surface area contributed by atoms with E-state index in [-0.39, 0.29) is 5.91 Å². The summed E-state index contributed by atoms with van der Waals surface area (Å²) in [5, 5.41) is 7.27. The lowest BCUT2D eigenvalue weighted by atomic mass is 9.93. The number of aryl methyl sites for hydroxylation is 2. The maximum Gasteiger partial charge on any atom is 0.220 e. The van der Waals surface area contributed by atoms with Crippen LogP contribution in [0, 0.1) is 12.8 Å². The molecular weight excluding hydrogens is 252 g/mol. The Labute approximate surface area is 121 Å². The lowest BCUT2D eigenvalue weighted by Crippen LogP contribution is -2.33. The predicted octanol–water partition coefficient (Wildman–Crippen LogP) is 1.47. The average Bonchev–Trinajstić information content (AvgIpc) is 2.72. The van der Waals surface area contributed by atoms with Crippen molar-refractivity contribution in [2.24, 2.45) is 13.0 Å². The van der Waals surface area contributed by atoms with Crippen molar-refractivity contribution in [3.63, 3.8) is 0 Å². The van der Waals surface area contributed by atoms with Crippen molar-refractivity contribution in [3.05, 3.63) is 17.5 Å². The van der Waals surface area contributed by atoms with Gasteiger partial charge in [-0.05, 0) is 51.8 Å². The molecule has 0 unspecified atom stereocenters. The molecule has 1 atom stereocenters. The molecule has 0 aromatic carbocycles. The van der Waals surface area contributed by atoms with Crippen LogP contribution in [-0.2, 0) is 18.4 Å². The Bertz CT molecular complexity index is 455. The molecule has 0 spiro atoms. The number of likely N-dealkylation sites (tertiary alicyclic amines) is 1. The highest BCUT2D eigenvalue weighted by atomic mass is 16.1. The van der Waals surface area contributed by atoms with E-state index in [2.05, 4.69) is 22.4 Å². The molecule has 5 nitrogen and oxygen atoms in total. The average molecular weight is 278 g/mol. The molecule has 0 aliphatic carbocycles. The van der Waals surface area contributed by atoms with Crippen LogP contribution in [0.1, 0.15) is 37.1 Å². The van der Waals surface area contributed by atoms with E-state index in [0.29, 0.717) is 18.9 Å². The van der Waals surface area contributed by atoms with Crippen LogP contribution in [0.25, 0.3) is 0 Å². The Kier molecular flexibility index (Phi) is 5.17.